The first-order chi connectivity index (χ1) is 11.8. The van der Waals surface area contributed by atoms with E-state index < -0.39 is 15.9 Å². The lowest BCUT2D eigenvalue weighted by Gasteiger charge is -2.15. The number of nitrogens with zero attached hydrogens (tertiary/aromatic N) is 1. The number of halogens is 1. The lowest BCUT2D eigenvalue weighted by Crippen LogP contribution is -2.18. The number of carbonyl (C=O) groups excluding carboxylic acids is 1. The fourth-order valence-corrected chi connectivity index (χ4v) is 4.84. The SMILES string of the molecule is COc1ccc(NC(=O)c2cc3c(cc2Cl)SC(N)=NS3(=O)=O)cc1. The summed E-state index contributed by atoms with van der Waals surface area (Å²) in [5, 5.41) is 2.67. The zero-order valence-corrected chi connectivity index (χ0v) is 15.2. The summed E-state index contributed by atoms with van der Waals surface area (Å²) in [6.07, 6.45) is 0. The minimum Gasteiger partial charge on any atom is -0.497 e. The van der Waals surface area contributed by atoms with Gasteiger partial charge in [-0.15, -0.1) is 4.40 Å². The minimum absolute atomic E-state index is 0.0241. The number of ether oxygens (including phenoxy) is 1. The van der Waals surface area contributed by atoms with E-state index in [0.29, 0.717) is 16.3 Å². The zero-order chi connectivity index (χ0) is 18.2. The van der Waals surface area contributed by atoms with Crippen molar-refractivity contribution in [2.45, 2.75) is 9.79 Å². The van der Waals surface area contributed by atoms with E-state index in [2.05, 4.69) is 9.71 Å². The molecule has 2 aromatic carbocycles. The van der Waals surface area contributed by atoms with E-state index in [4.69, 9.17) is 22.1 Å². The molecule has 1 heterocycles. The van der Waals surface area contributed by atoms with Gasteiger partial charge in [-0.3, -0.25) is 4.79 Å². The summed E-state index contributed by atoms with van der Waals surface area (Å²) in [5.74, 6) is 0.101. The van der Waals surface area contributed by atoms with Crippen molar-refractivity contribution in [2.75, 3.05) is 12.4 Å². The van der Waals surface area contributed by atoms with Crippen molar-refractivity contribution in [3.8, 4) is 5.75 Å². The summed E-state index contributed by atoms with van der Waals surface area (Å²) in [4.78, 5) is 12.7. The predicted molar refractivity (Wildman–Crippen MR) is 97.1 cm³/mol. The normalized spacial score (nSPS) is 15.0. The van der Waals surface area contributed by atoms with Crippen molar-refractivity contribution >= 4 is 50.1 Å². The van der Waals surface area contributed by atoms with Gasteiger partial charge in [-0.25, -0.2) is 0 Å². The molecule has 0 radical (unpaired) electrons. The van der Waals surface area contributed by atoms with Gasteiger partial charge in [0.1, 0.15) is 10.6 Å². The highest BCUT2D eigenvalue weighted by Gasteiger charge is 2.27. The Balaban J connectivity index is 1.94. The van der Waals surface area contributed by atoms with Crippen molar-refractivity contribution in [2.24, 2.45) is 10.1 Å². The van der Waals surface area contributed by atoms with E-state index in [1.807, 2.05) is 0 Å². The molecule has 0 saturated heterocycles. The molecule has 0 fully saturated rings. The quantitative estimate of drug-likeness (QED) is 0.823. The van der Waals surface area contributed by atoms with E-state index in [1.54, 1.807) is 24.3 Å². The Morgan fingerprint density at radius 2 is 1.96 bits per heavy atom. The van der Waals surface area contributed by atoms with Gasteiger partial charge in [-0.2, -0.15) is 8.42 Å². The van der Waals surface area contributed by atoms with E-state index >= 15 is 0 Å². The minimum atomic E-state index is -3.96. The lowest BCUT2D eigenvalue weighted by atomic mass is 10.2. The van der Waals surface area contributed by atoms with Gasteiger partial charge in [0.25, 0.3) is 15.9 Å². The monoisotopic (exact) mass is 397 g/mol. The van der Waals surface area contributed by atoms with Gasteiger partial charge in [0.15, 0.2) is 5.17 Å². The Morgan fingerprint density at radius 1 is 1.28 bits per heavy atom. The molecule has 25 heavy (non-hydrogen) atoms. The molecule has 0 aliphatic carbocycles. The molecule has 0 spiro atoms. The number of sulfonamides is 1. The summed E-state index contributed by atoms with van der Waals surface area (Å²) in [5.41, 5.74) is 6.04. The van der Waals surface area contributed by atoms with Gasteiger partial charge in [0.2, 0.25) is 0 Å². The van der Waals surface area contributed by atoms with Crippen molar-refractivity contribution < 1.29 is 17.9 Å². The van der Waals surface area contributed by atoms with Crippen molar-refractivity contribution in [3.05, 3.63) is 47.0 Å². The third-order valence-corrected chi connectivity index (χ3v) is 6.07. The number of nitrogens with two attached hydrogens (primary N) is 1. The van der Waals surface area contributed by atoms with Gasteiger partial charge in [0.05, 0.1) is 17.7 Å². The van der Waals surface area contributed by atoms with Crippen LogP contribution in [0.1, 0.15) is 10.4 Å². The Kier molecular flexibility index (Phi) is 4.63. The molecule has 130 valence electrons. The highest BCUT2D eigenvalue weighted by molar-refractivity contribution is 8.15. The van der Waals surface area contributed by atoms with Crippen LogP contribution in [0.15, 0.2) is 50.6 Å². The van der Waals surface area contributed by atoms with Crippen LogP contribution in [0.3, 0.4) is 0 Å². The van der Waals surface area contributed by atoms with Crippen molar-refractivity contribution in [1.82, 2.24) is 0 Å². The summed E-state index contributed by atoms with van der Waals surface area (Å²) in [7, 11) is -2.42. The highest BCUT2D eigenvalue weighted by Crippen LogP contribution is 2.36. The summed E-state index contributed by atoms with van der Waals surface area (Å²) in [6, 6.07) is 9.27. The maximum absolute atomic E-state index is 12.5. The fraction of sp³-hybridized carbons (Fsp3) is 0.0667. The highest BCUT2D eigenvalue weighted by atomic mass is 35.5. The number of anilines is 1. The molecule has 1 aliphatic heterocycles. The summed E-state index contributed by atoms with van der Waals surface area (Å²) < 4.78 is 32.7. The Hall–Kier alpha value is -2.23. The first-order valence-corrected chi connectivity index (χ1v) is 9.51. The van der Waals surface area contributed by atoms with E-state index in [1.165, 1.54) is 19.2 Å². The third-order valence-electron chi connectivity index (χ3n) is 3.33. The van der Waals surface area contributed by atoms with Crippen LogP contribution >= 0.6 is 23.4 Å². The number of amides is 1. The van der Waals surface area contributed by atoms with Crippen LogP contribution in [0, 0.1) is 0 Å². The molecule has 0 aromatic heterocycles. The first-order valence-electron chi connectivity index (χ1n) is 6.87. The Bertz CT molecular complexity index is 989. The van der Waals surface area contributed by atoms with Crippen LogP contribution in [0.4, 0.5) is 5.69 Å². The number of nitrogens with one attached hydrogen (secondary N) is 1. The van der Waals surface area contributed by atoms with Crippen molar-refractivity contribution in [3.63, 3.8) is 0 Å². The average Bonchev–Trinajstić information content (AvgIpc) is 2.53. The molecular weight excluding hydrogens is 386 g/mol. The molecule has 3 N–H and O–H groups in total. The molecule has 1 aliphatic rings. The van der Waals surface area contributed by atoms with Gasteiger partial charge < -0.3 is 15.8 Å². The lowest BCUT2D eigenvalue weighted by molar-refractivity contribution is 0.102. The van der Waals surface area contributed by atoms with Crippen LogP contribution < -0.4 is 15.8 Å². The van der Waals surface area contributed by atoms with Crippen LogP contribution in [-0.2, 0) is 10.0 Å². The Labute approximate surface area is 153 Å². The largest absolute Gasteiger partial charge is 0.497 e. The topological polar surface area (TPSA) is 111 Å². The van der Waals surface area contributed by atoms with Gasteiger partial charge in [-0.05, 0) is 36.4 Å². The number of hydrogen-bond donors (Lipinski definition) is 2. The van der Waals surface area contributed by atoms with Gasteiger partial charge in [-0.1, -0.05) is 23.4 Å². The standard InChI is InChI=1S/C15H12ClN3O4S2/c1-23-9-4-2-8(3-5-9)18-14(20)10-6-13-12(7-11(10)16)24-15(17)19-25(13,21)22/h2-7H,1H3,(H2,17,19)(H,18,20). The molecule has 3 rings (SSSR count). The van der Waals surface area contributed by atoms with Crippen LogP contribution in [0.5, 0.6) is 5.75 Å². The molecule has 0 atom stereocenters. The molecule has 2 aromatic rings. The number of methoxy groups -OCH3 is 1. The molecule has 7 nitrogen and oxygen atoms in total. The molecule has 0 bridgehead atoms. The molecule has 10 heteroatoms. The van der Waals surface area contributed by atoms with E-state index in [9.17, 15) is 13.2 Å². The number of carbonyl (C=O) groups is 1. The maximum Gasteiger partial charge on any atom is 0.285 e. The molecule has 0 saturated carbocycles. The zero-order valence-electron chi connectivity index (χ0n) is 12.8. The maximum atomic E-state index is 12.5. The first kappa shape index (κ1) is 17.6. The van der Waals surface area contributed by atoms with E-state index in [0.717, 1.165) is 11.8 Å². The van der Waals surface area contributed by atoms with Crippen LogP contribution in [0.25, 0.3) is 0 Å². The average molecular weight is 398 g/mol. The number of amidine groups is 1. The van der Waals surface area contributed by atoms with Crippen molar-refractivity contribution in [1.29, 1.82) is 0 Å². The molecule has 1 amide bonds. The third kappa shape index (κ3) is 3.58. The van der Waals surface area contributed by atoms with Crippen LogP contribution in [0.2, 0.25) is 5.02 Å². The number of thioether (sulfide) groups is 1. The molecule has 0 unspecified atom stereocenters. The second-order valence-electron chi connectivity index (χ2n) is 4.97. The second-order valence-corrected chi connectivity index (χ2v) is 8.01. The number of fused-ring (bicyclic) bond motifs is 1. The van der Waals surface area contributed by atoms with Crippen LogP contribution in [-0.4, -0.2) is 26.6 Å². The predicted octanol–water partition coefficient (Wildman–Crippen LogP) is 2.71. The van der Waals surface area contributed by atoms with Gasteiger partial charge >= 0.3 is 0 Å². The Morgan fingerprint density at radius 3 is 2.60 bits per heavy atom. The number of benzene rings is 2. The number of hydrogen-bond acceptors (Lipinski definition) is 6. The fourth-order valence-electron chi connectivity index (χ4n) is 2.16. The second kappa shape index (κ2) is 6.58. The smallest absolute Gasteiger partial charge is 0.285 e. The number of rotatable bonds is 3. The van der Waals surface area contributed by atoms with E-state index in [-0.39, 0.29) is 20.6 Å². The summed E-state index contributed by atoms with van der Waals surface area (Å²) in [6.45, 7) is 0. The summed E-state index contributed by atoms with van der Waals surface area (Å²) >= 11 is 7.12. The van der Waals surface area contributed by atoms with Gasteiger partial charge in [0, 0.05) is 10.6 Å². The molecular formula is C15H12ClN3O4S2.